The summed E-state index contributed by atoms with van der Waals surface area (Å²) < 4.78 is 4.65. The van der Waals surface area contributed by atoms with Gasteiger partial charge in [-0.05, 0) is 23.8 Å². The van der Waals surface area contributed by atoms with Crippen molar-refractivity contribution in [2.45, 2.75) is 0 Å². The fraction of sp³-hybridized carbons (Fsp3) is 0. The lowest BCUT2D eigenvalue weighted by Gasteiger charge is -2.21. The van der Waals surface area contributed by atoms with Crippen LogP contribution in [-0.4, -0.2) is 14.1 Å². The minimum atomic E-state index is 0.912. The van der Waals surface area contributed by atoms with E-state index in [0.29, 0.717) is 0 Å². The molecule has 8 rings (SSSR count). The first-order valence-electron chi connectivity index (χ1n) is 14.2. The molecule has 0 unspecified atom stereocenters. The molecule has 198 valence electrons. The number of nitrogens with zero attached hydrogens (tertiary/aromatic N) is 3. The maximum Gasteiger partial charge on any atom is 0.144 e. The van der Waals surface area contributed by atoms with E-state index in [4.69, 9.17) is 4.98 Å². The topological polar surface area (TPSA) is 22.8 Å². The Bertz CT molecular complexity index is 2130. The predicted molar refractivity (Wildman–Crippen MR) is 174 cm³/mol. The van der Waals surface area contributed by atoms with E-state index < -0.39 is 0 Å². The van der Waals surface area contributed by atoms with E-state index in [1.807, 2.05) is 12.3 Å². The zero-order valence-corrected chi connectivity index (χ0v) is 22.9. The van der Waals surface area contributed by atoms with E-state index in [-0.39, 0.29) is 0 Å². The van der Waals surface area contributed by atoms with Gasteiger partial charge in [0.1, 0.15) is 5.82 Å². The number of para-hydroxylation sites is 4. The van der Waals surface area contributed by atoms with Crippen molar-refractivity contribution >= 4 is 21.8 Å². The fourth-order valence-electron chi connectivity index (χ4n) is 6.23. The van der Waals surface area contributed by atoms with Crippen LogP contribution in [-0.2, 0) is 0 Å². The minimum Gasteiger partial charge on any atom is -0.309 e. The first-order valence-corrected chi connectivity index (χ1v) is 14.2. The molecular formula is C39H27N3. The molecule has 0 aliphatic heterocycles. The first kappa shape index (κ1) is 24.2. The van der Waals surface area contributed by atoms with E-state index in [0.717, 1.165) is 45.0 Å². The van der Waals surface area contributed by atoms with Gasteiger partial charge in [-0.25, -0.2) is 4.98 Å². The molecule has 0 saturated carbocycles. The molecule has 0 saturated heterocycles. The smallest absolute Gasteiger partial charge is 0.144 e. The number of rotatable bonds is 5. The zero-order chi connectivity index (χ0) is 27.9. The molecule has 3 nitrogen and oxygen atoms in total. The number of aromatic nitrogens is 3. The quantitative estimate of drug-likeness (QED) is 0.214. The van der Waals surface area contributed by atoms with Crippen molar-refractivity contribution in [3.8, 4) is 45.0 Å². The van der Waals surface area contributed by atoms with Gasteiger partial charge in [-0.1, -0.05) is 133 Å². The summed E-state index contributed by atoms with van der Waals surface area (Å²) in [6.45, 7) is 0. The van der Waals surface area contributed by atoms with Crippen LogP contribution in [0.1, 0.15) is 0 Å². The van der Waals surface area contributed by atoms with Crippen LogP contribution in [0.15, 0.2) is 164 Å². The molecule has 0 amide bonds. The number of fused-ring (bicyclic) bond motifs is 3. The van der Waals surface area contributed by atoms with Crippen molar-refractivity contribution in [2.75, 3.05) is 0 Å². The Morgan fingerprint density at radius 3 is 1.69 bits per heavy atom. The average Bonchev–Trinajstić information content (AvgIpc) is 3.69. The van der Waals surface area contributed by atoms with E-state index >= 15 is 0 Å². The van der Waals surface area contributed by atoms with Gasteiger partial charge in [-0.3, -0.25) is 4.57 Å². The van der Waals surface area contributed by atoms with E-state index in [2.05, 4.69) is 161 Å². The lowest BCUT2D eigenvalue weighted by molar-refractivity contribution is 1.07. The second-order valence-electron chi connectivity index (χ2n) is 10.4. The number of benzene rings is 6. The number of imidazole rings is 1. The molecule has 2 aromatic heterocycles. The summed E-state index contributed by atoms with van der Waals surface area (Å²) in [5.41, 5.74) is 10.3. The zero-order valence-electron chi connectivity index (χ0n) is 22.9. The first-order chi connectivity index (χ1) is 20.9. The van der Waals surface area contributed by atoms with Crippen LogP contribution in [0.4, 0.5) is 0 Å². The molecule has 0 fully saturated rings. The fourth-order valence-corrected chi connectivity index (χ4v) is 6.23. The molecule has 8 aromatic rings. The molecule has 0 N–H and O–H groups in total. The van der Waals surface area contributed by atoms with Crippen LogP contribution >= 0.6 is 0 Å². The van der Waals surface area contributed by atoms with Crippen molar-refractivity contribution in [1.82, 2.24) is 14.1 Å². The van der Waals surface area contributed by atoms with E-state index in [9.17, 15) is 0 Å². The highest BCUT2D eigenvalue weighted by Crippen LogP contribution is 2.41. The highest BCUT2D eigenvalue weighted by atomic mass is 15.1. The summed E-state index contributed by atoms with van der Waals surface area (Å²) in [5, 5.41) is 2.50. The third-order valence-electron chi connectivity index (χ3n) is 8.05. The Morgan fingerprint density at radius 1 is 0.429 bits per heavy atom. The minimum absolute atomic E-state index is 0.912. The highest BCUT2D eigenvalue weighted by Gasteiger charge is 2.21. The van der Waals surface area contributed by atoms with Crippen LogP contribution in [0.25, 0.3) is 66.8 Å². The van der Waals surface area contributed by atoms with Gasteiger partial charge in [0, 0.05) is 45.4 Å². The standard InChI is InChI=1S/C39H27N3/c1-3-14-28(15-4-1)30-21-13-22-34(38(30)41-27-26-40-39(41)29-16-5-2-6-17-29)33-20-9-12-25-37(33)42-35-23-10-7-18-31(35)32-19-8-11-24-36(32)42/h1-27H. The van der Waals surface area contributed by atoms with Crippen LogP contribution in [0.5, 0.6) is 0 Å². The molecule has 2 heterocycles. The molecule has 0 bridgehead atoms. The van der Waals surface area contributed by atoms with Gasteiger partial charge in [0.25, 0.3) is 0 Å². The van der Waals surface area contributed by atoms with Gasteiger partial charge >= 0.3 is 0 Å². The normalized spacial score (nSPS) is 11.3. The summed E-state index contributed by atoms with van der Waals surface area (Å²) in [6.07, 6.45) is 3.98. The van der Waals surface area contributed by atoms with Crippen molar-refractivity contribution in [3.05, 3.63) is 164 Å². The summed E-state index contributed by atoms with van der Waals surface area (Å²) in [4.78, 5) is 4.84. The maximum absolute atomic E-state index is 4.84. The molecule has 42 heavy (non-hydrogen) atoms. The monoisotopic (exact) mass is 537 g/mol. The Hall–Kier alpha value is -5.67. The molecule has 6 aromatic carbocycles. The molecular weight excluding hydrogens is 510 g/mol. The lowest BCUT2D eigenvalue weighted by atomic mass is 9.94. The lowest BCUT2D eigenvalue weighted by Crippen LogP contribution is -2.04. The van der Waals surface area contributed by atoms with Gasteiger partial charge in [-0.15, -0.1) is 0 Å². The van der Waals surface area contributed by atoms with Crippen molar-refractivity contribution in [2.24, 2.45) is 0 Å². The third kappa shape index (κ3) is 3.87. The Morgan fingerprint density at radius 2 is 0.976 bits per heavy atom. The highest BCUT2D eigenvalue weighted by molar-refractivity contribution is 6.10. The van der Waals surface area contributed by atoms with Gasteiger partial charge in [0.05, 0.1) is 22.4 Å². The molecule has 0 aliphatic carbocycles. The van der Waals surface area contributed by atoms with Gasteiger partial charge in [0.2, 0.25) is 0 Å². The summed E-state index contributed by atoms with van der Waals surface area (Å²) in [7, 11) is 0. The van der Waals surface area contributed by atoms with Crippen molar-refractivity contribution < 1.29 is 0 Å². The Labute approximate surface area is 244 Å². The van der Waals surface area contributed by atoms with Crippen molar-refractivity contribution in [3.63, 3.8) is 0 Å². The van der Waals surface area contributed by atoms with Crippen LogP contribution in [0.3, 0.4) is 0 Å². The molecule has 0 atom stereocenters. The second-order valence-corrected chi connectivity index (χ2v) is 10.4. The number of hydrogen-bond donors (Lipinski definition) is 0. The largest absolute Gasteiger partial charge is 0.309 e. The summed E-state index contributed by atoms with van der Waals surface area (Å²) in [5.74, 6) is 0.912. The third-order valence-corrected chi connectivity index (χ3v) is 8.05. The predicted octanol–water partition coefficient (Wildman–Crippen LogP) is 9.97. The van der Waals surface area contributed by atoms with Gasteiger partial charge in [0.15, 0.2) is 0 Å². The van der Waals surface area contributed by atoms with Crippen LogP contribution in [0.2, 0.25) is 0 Å². The average molecular weight is 538 g/mol. The Balaban J connectivity index is 1.46. The molecule has 0 radical (unpaired) electrons. The van der Waals surface area contributed by atoms with Crippen molar-refractivity contribution in [1.29, 1.82) is 0 Å². The SMILES string of the molecule is c1ccc(-c2cccc(-c3ccccc3-n3c4ccccc4c4ccccc43)c2-n2ccnc2-c2ccccc2)cc1. The summed E-state index contributed by atoms with van der Waals surface area (Å²) in [6, 6.07) is 53.8. The van der Waals surface area contributed by atoms with Gasteiger partial charge < -0.3 is 4.57 Å². The van der Waals surface area contributed by atoms with Gasteiger partial charge in [-0.2, -0.15) is 0 Å². The van der Waals surface area contributed by atoms with Crippen LogP contribution < -0.4 is 0 Å². The molecule has 0 aliphatic rings. The van der Waals surface area contributed by atoms with Crippen LogP contribution in [0, 0.1) is 0 Å². The molecule has 0 spiro atoms. The Kier molecular flexibility index (Phi) is 5.79. The second kappa shape index (κ2) is 10.1. The molecule has 3 heteroatoms. The summed E-state index contributed by atoms with van der Waals surface area (Å²) >= 11 is 0. The maximum atomic E-state index is 4.84. The van der Waals surface area contributed by atoms with E-state index in [1.165, 1.54) is 21.8 Å². The van der Waals surface area contributed by atoms with E-state index in [1.54, 1.807) is 0 Å². The number of hydrogen-bond acceptors (Lipinski definition) is 1.